The Morgan fingerprint density at radius 1 is 1.39 bits per heavy atom. The molecule has 1 aliphatic rings. The lowest BCUT2D eigenvalue weighted by Crippen LogP contribution is -2.47. The standard InChI is InChI=1S/C13H24N2O3/c1-4-18-12(16)9-15(3)10(2)13(17)14-11-7-5-6-8-11/h10-11H,4-9H2,1-3H3,(H,14,17). The van der Waals surface area contributed by atoms with Crippen LogP contribution in [0.2, 0.25) is 0 Å². The van der Waals surface area contributed by atoms with Gasteiger partial charge in [-0.3, -0.25) is 14.5 Å². The van der Waals surface area contributed by atoms with Gasteiger partial charge in [-0.1, -0.05) is 12.8 Å². The molecule has 0 aliphatic heterocycles. The number of ether oxygens (including phenoxy) is 1. The van der Waals surface area contributed by atoms with Crippen LogP contribution in [0.5, 0.6) is 0 Å². The van der Waals surface area contributed by atoms with Crippen LogP contribution in [0, 0.1) is 0 Å². The van der Waals surface area contributed by atoms with Crippen LogP contribution in [0.1, 0.15) is 39.5 Å². The van der Waals surface area contributed by atoms with E-state index in [1.54, 1.807) is 18.9 Å². The molecule has 1 N–H and O–H groups in total. The third-order valence-corrected chi connectivity index (χ3v) is 3.43. The van der Waals surface area contributed by atoms with Crippen molar-refractivity contribution in [2.24, 2.45) is 0 Å². The Kier molecular flexibility index (Phi) is 6.12. The summed E-state index contributed by atoms with van der Waals surface area (Å²) in [6.45, 7) is 4.10. The predicted octanol–water partition coefficient (Wildman–Crippen LogP) is 0.929. The van der Waals surface area contributed by atoms with Gasteiger partial charge >= 0.3 is 5.97 Å². The molecule has 18 heavy (non-hydrogen) atoms. The van der Waals surface area contributed by atoms with Gasteiger partial charge in [-0.25, -0.2) is 0 Å². The van der Waals surface area contributed by atoms with Crippen LogP contribution in [0.15, 0.2) is 0 Å². The van der Waals surface area contributed by atoms with E-state index in [0.717, 1.165) is 12.8 Å². The summed E-state index contributed by atoms with van der Waals surface area (Å²) in [4.78, 5) is 25.0. The first-order valence-corrected chi connectivity index (χ1v) is 6.70. The summed E-state index contributed by atoms with van der Waals surface area (Å²) >= 11 is 0. The third kappa shape index (κ3) is 4.64. The fraction of sp³-hybridized carbons (Fsp3) is 0.846. The molecule has 0 aromatic heterocycles. The maximum atomic E-state index is 12.0. The van der Waals surface area contributed by atoms with Gasteiger partial charge in [0.25, 0.3) is 0 Å². The molecule has 1 fully saturated rings. The Hall–Kier alpha value is -1.10. The highest BCUT2D eigenvalue weighted by molar-refractivity contribution is 5.82. The van der Waals surface area contributed by atoms with Crippen molar-refractivity contribution in [3.63, 3.8) is 0 Å². The zero-order valence-electron chi connectivity index (χ0n) is 11.6. The average Bonchev–Trinajstić information content (AvgIpc) is 2.80. The Labute approximate surface area is 109 Å². The molecule has 0 aromatic rings. The molecule has 1 atom stereocenters. The normalized spacial score (nSPS) is 17.8. The van der Waals surface area contributed by atoms with Gasteiger partial charge in [0, 0.05) is 6.04 Å². The number of hydrogen-bond donors (Lipinski definition) is 1. The van der Waals surface area contributed by atoms with E-state index < -0.39 is 0 Å². The lowest BCUT2D eigenvalue weighted by molar-refractivity contribution is -0.145. The molecule has 0 saturated heterocycles. The van der Waals surface area contributed by atoms with E-state index in [-0.39, 0.29) is 24.5 Å². The Morgan fingerprint density at radius 2 is 2.00 bits per heavy atom. The number of carbonyl (C=O) groups excluding carboxylic acids is 2. The van der Waals surface area contributed by atoms with Gasteiger partial charge in [-0.05, 0) is 33.7 Å². The zero-order chi connectivity index (χ0) is 13.5. The van der Waals surface area contributed by atoms with Crippen LogP contribution in [0.4, 0.5) is 0 Å². The minimum atomic E-state index is -0.310. The first kappa shape index (κ1) is 15.0. The van der Waals surface area contributed by atoms with Gasteiger partial charge in [0.1, 0.15) is 0 Å². The highest BCUT2D eigenvalue weighted by atomic mass is 16.5. The molecule has 0 heterocycles. The van der Waals surface area contributed by atoms with E-state index in [1.807, 2.05) is 6.92 Å². The first-order valence-electron chi connectivity index (χ1n) is 6.70. The quantitative estimate of drug-likeness (QED) is 0.718. The number of amides is 1. The fourth-order valence-corrected chi connectivity index (χ4v) is 2.14. The highest BCUT2D eigenvalue weighted by Crippen LogP contribution is 2.17. The van der Waals surface area contributed by atoms with Crippen LogP contribution >= 0.6 is 0 Å². The van der Waals surface area contributed by atoms with E-state index in [0.29, 0.717) is 12.6 Å². The molecular formula is C13H24N2O3. The summed E-state index contributed by atoms with van der Waals surface area (Å²) in [5, 5.41) is 3.03. The molecule has 0 aromatic carbocycles. The van der Waals surface area contributed by atoms with Gasteiger partial charge in [0.05, 0.1) is 19.2 Å². The Bertz CT molecular complexity index is 288. The van der Waals surface area contributed by atoms with Crippen molar-refractivity contribution in [2.45, 2.75) is 51.6 Å². The monoisotopic (exact) mass is 256 g/mol. The lowest BCUT2D eigenvalue weighted by Gasteiger charge is -2.24. The third-order valence-electron chi connectivity index (χ3n) is 3.43. The maximum absolute atomic E-state index is 12.0. The number of nitrogens with zero attached hydrogens (tertiary/aromatic N) is 1. The molecule has 1 amide bonds. The number of carbonyl (C=O) groups is 2. The molecule has 0 spiro atoms. The van der Waals surface area contributed by atoms with Crippen molar-refractivity contribution in [1.29, 1.82) is 0 Å². The van der Waals surface area contributed by atoms with E-state index in [4.69, 9.17) is 4.74 Å². The molecule has 1 saturated carbocycles. The predicted molar refractivity (Wildman–Crippen MR) is 69.1 cm³/mol. The number of hydrogen-bond acceptors (Lipinski definition) is 4. The SMILES string of the molecule is CCOC(=O)CN(C)C(C)C(=O)NC1CCCC1. The molecule has 1 rings (SSSR count). The van der Waals surface area contributed by atoms with Crippen molar-refractivity contribution in [3.05, 3.63) is 0 Å². The van der Waals surface area contributed by atoms with E-state index in [1.165, 1.54) is 12.8 Å². The van der Waals surface area contributed by atoms with Crippen LogP contribution < -0.4 is 5.32 Å². The summed E-state index contributed by atoms with van der Waals surface area (Å²) in [7, 11) is 1.76. The van der Waals surface area contributed by atoms with E-state index >= 15 is 0 Å². The van der Waals surface area contributed by atoms with E-state index in [9.17, 15) is 9.59 Å². The highest BCUT2D eigenvalue weighted by Gasteiger charge is 2.24. The van der Waals surface area contributed by atoms with Gasteiger partial charge in [-0.15, -0.1) is 0 Å². The lowest BCUT2D eigenvalue weighted by atomic mass is 10.2. The fourth-order valence-electron chi connectivity index (χ4n) is 2.14. The summed E-state index contributed by atoms with van der Waals surface area (Å²) in [5.41, 5.74) is 0. The van der Waals surface area contributed by atoms with Crippen LogP contribution in [0.3, 0.4) is 0 Å². The molecule has 0 radical (unpaired) electrons. The van der Waals surface area contributed by atoms with Crippen molar-refractivity contribution in [2.75, 3.05) is 20.2 Å². The summed E-state index contributed by atoms with van der Waals surface area (Å²) in [6.07, 6.45) is 4.52. The first-order chi connectivity index (χ1) is 8.54. The summed E-state index contributed by atoms with van der Waals surface area (Å²) in [5.74, 6) is -0.297. The van der Waals surface area contributed by atoms with Crippen molar-refractivity contribution >= 4 is 11.9 Å². The largest absolute Gasteiger partial charge is 0.465 e. The summed E-state index contributed by atoms with van der Waals surface area (Å²) in [6, 6.07) is 0.00551. The second-order valence-electron chi connectivity index (χ2n) is 4.89. The second kappa shape index (κ2) is 7.36. The smallest absolute Gasteiger partial charge is 0.320 e. The number of likely N-dealkylation sites (N-methyl/N-ethyl adjacent to an activating group) is 1. The number of esters is 1. The number of rotatable bonds is 6. The second-order valence-corrected chi connectivity index (χ2v) is 4.89. The van der Waals surface area contributed by atoms with Gasteiger partial charge in [0.2, 0.25) is 5.91 Å². The molecule has 1 unspecified atom stereocenters. The molecule has 0 bridgehead atoms. The summed E-state index contributed by atoms with van der Waals surface area (Å²) < 4.78 is 4.86. The minimum absolute atomic E-state index is 0.00583. The van der Waals surface area contributed by atoms with E-state index in [2.05, 4.69) is 5.32 Å². The Morgan fingerprint density at radius 3 is 2.56 bits per heavy atom. The minimum Gasteiger partial charge on any atom is -0.465 e. The average molecular weight is 256 g/mol. The number of nitrogens with one attached hydrogen (secondary N) is 1. The van der Waals surface area contributed by atoms with Gasteiger partial charge in [0.15, 0.2) is 0 Å². The van der Waals surface area contributed by atoms with Crippen molar-refractivity contribution in [1.82, 2.24) is 10.2 Å². The topological polar surface area (TPSA) is 58.6 Å². The molecule has 1 aliphatic carbocycles. The van der Waals surface area contributed by atoms with Gasteiger partial charge in [-0.2, -0.15) is 0 Å². The van der Waals surface area contributed by atoms with Crippen LogP contribution in [-0.2, 0) is 14.3 Å². The molecular weight excluding hydrogens is 232 g/mol. The van der Waals surface area contributed by atoms with Crippen LogP contribution in [-0.4, -0.2) is 49.1 Å². The molecule has 104 valence electrons. The maximum Gasteiger partial charge on any atom is 0.320 e. The van der Waals surface area contributed by atoms with Crippen LogP contribution in [0.25, 0.3) is 0 Å². The molecule has 5 nitrogen and oxygen atoms in total. The van der Waals surface area contributed by atoms with Crippen molar-refractivity contribution < 1.29 is 14.3 Å². The Balaban J connectivity index is 2.34. The molecule has 5 heteroatoms. The van der Waals surface area contributed by atoms with Gasteiger partial charge < -0.3 is 10.1 Å². The van der Waals surface area contributed by atoms with Crippen molar-refractivity contribution in [3.8, 4) is 0 Å². The zero-order valence-corrected chi connectivity index (χ0v) is 11.6.